The van der Waals surface area contributed by atoms with E-state index in [1.807, 2.05) is 0 Å². The highest BCUT2D eigenvalue weighted by Crippen LogP contribution is 2.20. The van der Waals surface area contributed by atoms with Crippen LogP contribution in [0.25, 0.3) is 0 Å². The van der Waals surface area contributed by atoms with Crippen LogP contribution in [0.5, 0.6) is 0 Å². The zero-order valence-corrected chi connectivity index (χ0v) is 13.2. The Bertz CT molecular complexity index is 511. The highest BCUT2D eigenvalue weighted by molar-refractivity contribution is 5.76. The van der Waals surface area contributed by atoms with Gasteiger partial charge in [0.1, 0.15) is 0 Å². The first-order valence-corrected chi connectivity index (χ1v) is 8.52. The fourth-order valence-corrected chi connectivity index (χ4v) is 3.55. The molecule has 0 radical (unpaired) electrons. The number of amides is 1. The van der Waals surface area contributed by atoms with Gasteiger partial charge in [-0.15, -0.1) is 0 Å². The van der Waals surface area contributed by atoms with Crippen LogP contribution in [0.15, 0.2) is 42.5 Å². The number of allylic oxidation sites excluding steroid dienone is 2. The van der Waals surface area contributed by atoms with Gasteiger partial charge in [0.25, 0.3) is 0 Å². The highest BCUT2D eigenvalue weighted by Gasteiger charge is 2.22. The lowest BCUT2D eigenvalue weighted by molar-refractivity contribution is -0.122. The van der Waals surface area contributed by atoms with Gasteiger partial charge in [-0.05, 0) is 43.7 Å². The second-order valence-electron chi connectivity index (χ2n) is 6.60. The summed E-state index contributed by atoms with van der Waals surface area (Å²) in [5.41, 5.74) is 1.35. The molecule has 1 aromatic rings. The molecule has 22 heavy (non-hydrogen) atoms. The van der Waals surface area contributed by atoms with E-state index in [1.54, 1.807) is 0 Å². The zero-order chi connectivity index (χ0) is 15.2. The van der Waals surface area contributed by atoms with Gasteiger partial charge >= 0.3 is 0 Å². The van der Waals surface area contributed by atoms with Gasteiger partial charge in [-0.25, -0.2) is 0 Å². The van der Waals surface area contributed by atoms with Crippen molar-refractivity contribution in [3.8, 4) is 0 Å². The van der Waals surface area contributed by atoms with E-state index >= 15 is 0 Å². The van der Waals surface area contributed by atoms with Gasteiger partial charge in [0.2, 0.25) is 5.91 Å². The predicted octanol–water partition coefficient (Wildman–Crippen LogP) is 3.12. The Morgan fingerprint density at radius 2 is 2.09 bits per heavy atom. The normalized spacial score (nSPS) is 25.3. The lowest BCUT2D eigenvalue weighted by Gasteiger charge is -2.33. The fraction of sp³-hybridized carbons (Fsp3) is 0.526. The Balaban J connectivity index is 1.45. The molecule has 0 saturated carbocycles. The van der Waals surface area contributed by atoms with Crippen molar-refractivity contribution in [2.45, 2.75) is 44.7 Å². The van der Waals surface area contributed by atoms with Crippen molar-refractivity contribution in [2.24, 2.45) is 5.92 Å². The third kappa shape index (κ3) is 4.44. The maximum absolute atomic E-state index is 12.2. The monoisotopic (exact) mass is 298 g/mol. The van der Waals surface area contributed by atoms with Crippen LogP contribution in [-0.4, -0.2) is 29.9 Å². The van der Waals surface area contributed by atoms with Crippen molar-refractivity contribution in [3.63, 3.8) is 0 Å². The molecule has 3 nitrogen and oxygen atoms in total. The van der Waals surface area contributed by atoms with Crippen molar-refractivity contribution >= 4 is 5.91 Å². The summed E-state index contributed by atoms with van der Waals surface area (Å²) in [7, 11) is 0. The summed E-state index contributed by atoms with van der Waals surface area (Å²) in [4.78, 5) is 14.6. The number of hydrogen-bond donors (Lipinski definition) is 1. The molecule has 3 rings (SSSR count). The molecule has 118 valence electrons. The molecule has 1 aromatic carbocycles. The quantitative estimate of drug-likeness (QED) is 0.847. The van der Waals surface area contributed by atoms with Crippen LogP contribution >= 0.6 is 0 Å². The van der Waals surface area contributed by atoms with Gasteiger partial charge in [0.15, 0.2) is 0 Å². The summed E-state index contributed by atoms with van der Waals surface area (Å²) in [5, 5.41) is 3.25. The van der Waals surface area contributed by atoms with Crippen molar-refractivity contribution in [3.05, 3.63) is 48.0 Å². The number of benzene rings is 1. The van der Waals surface area contributed by atoms with Crippen LogP contribution in [0.3, 0.4) is 0 Å². The summed E-state index contributed by atoms with van der Waals surface area (Å²) in [6, 6.07) is 10.9. The topological polar surface area (TPSA) is 32.3 Å². The Labute approximate surface area is 133 Å². The van der Waals surface area contributed by atoms with Crippen LogP contribution in [0, 0.1) is 5.92 Å². The SMILES string of the molecule is O=C(C[C@H]1C=CCC1)N[C@H]1CCCN(Cc2ccccc2)C1. The molecule has 1 amide bonds. The third-order valence-corrected chi connectivity index (χ3v) is 4.68. The van der Waals surface area contributed by atoms with Crippen molar-refractivity contribution in [1.82, 2.24) is 10.2 Å². The van der Waals surface area contributed by atoms with Crippen molar-refractivity contribution in [1.29, 1.82) is 0 Å². The average Bonchev–Trinajstić information content (AvgIpc) is 3.01. The first kappa shape index (κ1) is 15.3. The van der Waals surface area contributed by atoms with E-state index in [0.29, 0.717) is 18.4 Å². The smallest absolute Gasteiger partial charge is 0.220 e. The van der Waals surface area contributed by atoms with Gasteiger partial charge in [-0.1, -0.05) is 42.5 Å². The second-order valence-corrected chi connectivity index (χ2v) is 6.60. The van der Waals surface area contributed by atoms with Gasteiger partial charge in [-0.2, -0.15) is 0 Å². The number of likely N-dealkylation sites (tertiary alicyclic amines) is 1. The van der Waals surface area contributed by atoms with Crippen LogP contribution in [0.4, 0.5) is 0 Å². The van der Waals surface area contributed by atoms with Gasteiger partial charge in [0.05, 0.1) is 0 Å². The number of nitrogens with one attached hydrogen (secondary N) is 1. The molecule has 1 heterocycles. The highest BCUT2D eigenvalue weighted by atomic mass is 16.1. The number of nitrogens with zero attached hydrogens (tertiary/aromatic N) is 1. The summed E-state index contributed by atoms with van der Waals surface area (Å²) < 4.78 is 0. The Morgan fingerprint density at radius 1 is 1.23 bits per heavy atom. The fourth-order valence-electron chi connectivity index (χ4n) is 3.55. The zero-order valence-electron chi connectivity index (χ0n) is 13.2. The first-order valence-electron chi connectivity index (χ1n) is 8.52. The lowest BCUT2D eigenvalue weighted by Crippen LogP contribution is -2.47. The molecule has 0 aromatic heterocycles. The largest absolute Gasteiger partial charge is 0.352 e. The van der Waals surface area contributed by atoms with E-state index in [2.05, 4.69) is 52.7 Å². The van der Waals surface area contributed by atoms with Crippen molar-refractivity contribution < 1.29 is 4.79 Å². The minimum Gasteiger partial charge on any atom is -0.352 e. The molecule has 1 saturated heterocycles. The Morgan fingerprint density at radius 3 is 2.86 bits per heavy atom. The first-order chi connectivity index (χ1) is 10.8. The van der Waals surface area contributed by atoms with E-state index in [-0.39, 0.29) is 5.91 Å². The van der Waals surface area contributed by atoms with E-state index in [1.165, 1.54) is 12.0 Å². The van der Waals surface area contributed by atoms with Crippen LogP contribution in [0.1, 0.15) is 37.7 Å². The summed E-state index contributed by atoms with van der Waals surface area (Å²) in [6.07, 6.45) is 9.59. The number of piperidine rings is 1. The summed E-state index contributed by atoms with van der Waals surface area (Å²) in [5.74, 6) is 0.687. The van der Waals surface area contributed by atoms with E-state index < -0.39 is 0 Å². The molecule has 1 aliphatic heterocycles. The van der Waals surface area contributed by atoms with E-state index in [9.17, 15) is 4.79 Å². The van der Waals surface area contributed by atoms with Gasteiger partial charge in [-0.3, -0.25) is 9.69 Å². The Kier molecular flexibility index (Phi) is 5.28. The molecule has 3 heteroatoms. The summed E-state index contributed by atoms with van der Waals surface area (Å²) >= 11 is 0. The molecule has 0 unspecified atom stereocenters. The molecule has 1 N–H and O–H groups in total. The average molecular weight is 298 g/mol. The van der Waals surface area contributed by atoms with E-state index in [0.717, 1.165) is 38.9 Å². The molecule has 2 aliphatic rings. The molecule has 2 atom stereocenters. The van der Waals surface area contributed by atoms with Crippen LogP contribution in [-0.2, 0) is 11.3 Å². The number of rotatable bonds is 5. The van der Waals surface area contributed by atoms with Crippen molar-refractivity contribution in [2.75, 3.05) is 13.1 Å². The predicted molar refractivity (Wildman–Crippen MR) is 89.4 cm³/mol. The second kappa shape index (κ2) is 7.59. The summed E-state index contributed by atoms with van der Waals surface area (Å²) in [6.45, 7) is 3.09. The minimum absolute atomic E-state index is 0.225. The minimum atomic E-state index is 0.225. The number of carbonyl (C=O) groups excluding carboxylic acids is 1. The molecule has 0 bridgehead atoms. The Hall–Kier alpha value is -1.61. The molecule has 1 fully saturated rings. The maximum atomic E-state index is 12.2. The molecule has 0 spiro atoms. The molecular weight excluding hydrogens is 272 g/mol. The van der Waals surface area contributed by atoms with Gasteiger partial charge < -0.3 is 5.32 Å². The molecule has 1 aliphatic carbocycles. The third-order valence-electron chi connectivity index (χ3n) is 4.68. The molecular formula is C19H26N2O. The van der Waals surface area contributed by atoms with Crippen LogP contribution < -0.4 is 5.32 Å². The van der Waals surface area contributed by atoms with E-state index in [4.69, 9.17) is 0 Å². The van der Waals surface area contributed by atoms with Gasteiger partial charge in [0, 0.05) is 25.6 Å². The number of hydrogen-bond acceptors (Lipinski definition) is 2. The maximum Gasteiger partial charge on any atom is 0.220 e. The number of carbonyl (C=O) groups is 1. The van der Waals surface area contributed by atoms with Crippen LogP contribution in [0.2, 0.25) is 0 Å². The standard InChI is InChI=1S/C19H26N2O/c22-19(13-16-7-4-5-8-16)20-18-11-6-12-21(15-18)14-17-9-2-1-3-10-17/h1-4,7,9-10,16,18H,5-6,8,11-15H2,(H,20,22)/t16-,18-/m0/s1. The lowest BCUT2D eigenvalue weighted by atomic mass is 10.0.